The molecule has 0 aliphatic heterocycles. The largest absolute Gasteiger partial charge is 0.482 e. The Morgan fingerprint density at radius 1 is 1.24 bits per heavy atom. The number of carbonyl (C=O) groups excluding carboxylic acids is 2. The van der Waals surface area contributed by atoms with E-state index in [1.807, 2.05) is 0 Å². The standard InChI is InChI=1S/C12H13Cl2N3O3S/c1-2-10(18)15-12(21)17-16-11(19)6-20-9-4-3-7(13)5-8(9)14/h3-5H,2,6H2,1H3,(H,16,19)(H2,15,17,18,21). The lowest BCUT2D eigenvalue weighted by atomic mass is 10.3. The summed E-state index contributed by atoms with van der Waals surface area (Å²) in [4.78, 5) is 22.6. The van der Waals surface area contributed by atoms with E-state index in [-0.39, 0.29) is 24.0 Å². The predicted octanol–water partition coefficient (Wildman–Crippen LogP) is 1.80. The fourth-order valence-electron chi connectivity index (χ4n) is 1.14. The molecule has 9 heteroatoms. The van der Waals surface area contributed by atoms with Crippen molar-refractivity contribution < 1.29 is 14.3 Å². The molecule has 0 saturated heterocycles. The zero-order chi connectivity index (χ0) is 15.8. The summed E-state index contributed by atoms with van der Waals surface area (Å²) in [6.07, 6.45) is 0.286. The van der Waals surface area contributed by atoms with Gasteiger partial charge in [-0.05, 0) is 30.4 Å². The van der Waals surface area contributed by atoms with Gasteiger partial charge in [0.2, 0.25) is 5.91 Å². The molecular formula is C12H13Cl2N3O3S. The highest BCUT2D eigenvalue weighted by molar-refractivity contribution is 7.80. The van der Waals surface area contributed by atoms with Gasteiger partial charge in [0.05, 0.1) is 5.02 Å². The van der Waals surface area contributed by atoms with E-state index in [0.29, 0.717) is 15.8 Å². The zero-order valence-corrected chi connectivity index (χ0v) is 13.4. The lowest BCUT2D eigenvalue weighted by Crippen LogP contribution is -2.49. The number of hydrazine groups is 1. The first-order chi connectivity index (χ1) is 9.92. The van der Waals surface area contributed by atoms with Gasteiger partial charge >= 0.3 is 0 Å². The molecule has 0 aromatic heterocycles. The number of amides is 2. The first kappa shape index (κ1) is 17.5. The predicted molar refractivity (Wildman–Crippen MR) is 84.3 cm³/mol. The third kappa shape index (κ3) is 6.61. The third-order valence-electron chi connectivity index (χ3n) is 2.14. The summed E-state index contributed by atoms with van der Waals surface area (Å²) >= 11 is 16.4. The average molecular weight is 350 g/mol. The number of halogens is 2. The molecule has 0 spiro atoms. The maximum Gasteiger partial charge on any atom is 0.276 e. The normalized spacial score (nSPS) is 9.67. The number of hydrogen-bond acceptors (Lipinski definition) is 4. The molecule has 3 N–H and O–H groups in total. The fourth-order valence-corrected chi connectivity index (χ4v) is 1.77. The van der Waals surface area contributed by atoms with E-state index in [1.165, 1.54) is 6.07 Å². The number of carbonyl (C=O) groups is 2. The Balaban J connectivity index is 2.34. The molecule has 114 valence electrons. The van der Waals surface area contributed by atoms with Crippen LogP contribution >= 0.6 is 35.4 Å². The topological polar surface area (TPSA) is 79.5 Å². The number of thiocarbonyl (C=S) groups is 1. The van der Waals surface area contributed by atoms with Crippen LogP contribution in [0.3, 0.4) is 0 Å². The highest BCUT2D eigenvalue weighted by Crippen LogP contribution is 2.27. The van der Waals surface area contributed by atoms with Crippen molar-refractivity contribution in [2.45, 2.75) is 13.3 Å². The number of nitrogens with one attached hydrogen (secondary N) is 3. The molecular weight excluding hydrogens is 337 g/mol. The van der Waals surface area contributed by atoms with Crippen LogP contribution in [0.15, 0.2) is 18.2 Å². The Bertz CT molecular complexity index is 555. The molecule has 21 heavy (non-hydrogen) atoms. The van der Waals surface area contributed by atoms with Gasteiger partial charge < -0.3 is 10.1 Å². The second-order valence-electron chi connectivity index (χ2n) is 3.77. The van der Waals surface area contributed by atoms with Crippen LogP contribution in [0.2, 0.25) is 10.0 Å². The zero-order valence-electron chi connectivity index (χ0n) is 11.0. The summed E-state index contributed by atoms with van der Waals surface area (Å²) in [5.74, 6) is -0.418. The highest BCUT2D eigenvalue weighted by atomic mass is 35.5. The first-order valence-corrected chi connectivity index (χ1v) is 7.05. The van der Waals surface area contributed by atoms with E-state index in [9.17, 15) is 9.59 Å². The summed E-state index contributed by atoms with van der Waals surface area (Å²) < 4.78 is 5.21. The van der Waals surface area contributed by atoms with Crippen LogP contribution in [0.5, 0.6) is 5.75 Å². The van der Waals surface area contributed by atoms with Crippen molar-refractivity contribution in [2.24, 2.45) is 0 Å². The Kier molecular flexibility index (Phi) is 7.21. The average Bonchev–Trinajstić information content (AvgIpc) is 2.44. The SMILES string of the molecule is CCC(=O)NC(=S)NNC(=O)COc1ccc(Cl)cc1Cl. The van der Waals surface area contributed by atoms with Crippen molar-refractivity contribution in [3.63, 3.8) is 0 Å². The van der Waals surface area contributed by atoms with Gasteiger partial charge in [-0.3, -0.25) is 20.4 Å². The molecule has 1 rings (SSSR count). The molecule has 0 atom stereocenters. The molecule has 1 aromatic rings. The lowest BCUT2D eigenvalue weighted by Gasteiger charge is -2.11. The third-order valence-corrected chi connectivity index (χ3v) is 2.88. The van der Waals surface area contributed by atoms with Crippen LogP contribution in [0.4, 0.5) is 0 Å². The van der Waals surface area contributed by atoms with Crippen molar-refractivity contribution in [1.29, 1.82) is 0 Å². The van der Waals surface area contributed by atoms with Gasteiger partial charge in [-0.2, -0.15) is 0 Å². The van der Waals surface area contributed by atoms with Crippen molar-refractivity contribution in [3.8, 4) is 5.75 Å². The molecule has 2 amide bonds. The smallest absolute Gasteiger partial charge is 0.276 e. The summed E-state index contributed by atoms with van der Waals surface area (Å²) in [5.41, 5.74) is 4.65. The molecule has 0 fully saturated rings. The quantitative estimate of drug-likeness (QED) is 0.570. The van der Waals surface area contributed by atoms with Gasteiger partial charge in [-0.15, -0.1) is 0 Å². The van der Waals surface area contributed by atoms with Crippen LogP contribution < -0.4 is 20.9 Å². The van der Waals surface area contributed by atoms with E-state index < -0.39 is 5.91 Å². The van der Waals surface area contributed by atoms with Gasteiger partial charge in [0, 0.05) is 11.4 Å². The molecule has 0 bridgehead atoms. The Morgan fingerprint density at radius 2 is 1.95 bits per heavy atom. The monoisotopic (exact) mass is 349 g/mol. The first-order valence-electron chi connectivity index (χ1n) is 5.89. The van der Waals surface area contributed by atoms with E-state index >= 15 is 0 Å². The Hall–Kier alpha value is -1.57. The Labute approximate surface area is 137 Å². The molecule has 0 aliphatic carbocycles. The molecule has 0 radical (unpaired) electrons. The number of hydrogen-bond donors (Lipinski definition) is 3. The van der Waals surface area contributed by atoms with E-state index in [2.05, 4.69) is 16.2 Å². The molecule has 0 unspecified atom stereocenters. The maximum atomic E-state index is 11.5. The van der Waals surface area contributed by atoms with Crippen LogP contribution in [-0.4, -0.2) is 23.5 Å². The van der Waals surface area contributed by atoms with E-state index in [4.69, 9.17) is 40.2 Å². The highest BCUT2D eigenvalue weighted by Gasteiger charge is 2.07. The fraction of sp³-hybridized carbons (Fsp3) is 0.250. The van der Waals surface area contributed by atoms with E-state index in [0.717, 1.165) is 0 Å². The second-order valence-corrected chi connectivity index (χ2v) is 5.02. The number of rotatable bonds is 4. The van der Waals surface area contributed by atoms with Crippen LogP contribution in [0, 0.1) is 0 Å². The van der Waals surface area contributed by atoms with Crippen molar-refractivity contribution in [1.82, 2.24) is 16.2 Å². The van der Waals surface area contributed by atoms with Gasteiger partial charge in [-0.1, -0.05) is 30.1 Å². The van der Waals surface area contributed by atoms with Gasteiger partial charge in [0.15, 0.2) is 11.7 Å². The van der Waals surface area contributed by atoms with Crippen LogP contribution in [0.25, 0.3) is 0 Å². The molecule has 0 aliphatic rings. The Morgan fingerprint density at radius 3 is 2.57 bits per heavy atom. The summed E-state index contributed by atoms with van der Waals surface area (Å²) in [5, 5.41) is 3.13. The van der Waals surface area contributed by atoms with Crippen molar-refractivity contribution in [2.75, 3.05) is 6.61 Å². The number of ether oxygens (including phenoxy) is 1. The van der Waals surface area contributed by atoms with Gasteiger partial charge in [-0.25, -0.2) is 0 Å². The maximum absolute atomic E-state index is 11.5. The molecule has 1 aromatic carbocycles. The minimum absolute atomic E-state index is 0.000254. The molecule has 0 saturated carbocycles. The van der Waals surface area contributed by atoms with Crippen molar-refractivity contribution >= 4 is 52.3 Å². The summed E-state index contributed by atoms with van der Waals surface area (Å²) in [6.45, 7) is 1.40. The van der Waals surface area contributed by atoms with Gasteiger partial charge in [0.25, 0.3) is 5.91 Å². The van der Waals surface area contributed by atoms with E-state index in [1.54, 1.807) is 19.1 Å². The minimum Gasteiger partial charge on any atom is -0.482 e. The second kappa shape index (κ2) is 8.66. The number of benzene rings is 1. The van der Waals surface area contributed by atoms with Crippen LogP contribution in [-0.2, 0) is 9.59 Å². The summed E-state index contributed by atoms with van der Waals surface area (Å²) in [6, 6.07) is 4.65. The lowest BCUT2D eigenvalue weighted by molar-refractivity contribution is -0.124. The summed E-state index contributed by atoms with van der Waals surface area (Å²) in [7, 11) is 0. The molecule has 0 heterocycles. The van der Waals surface area contributed by atoms with Gasteiger partial charge in [0.1, 0.15) is 5.75 Å². The van der Waals surface area contributed by atoms with Crippen LogP contribution in [0.1, 0.15) is 13.3 Å². The van der Waals surface area contributed by atoms with Crippen molar-refractivity contribution in [3.05, 3.63) is 28.2 Å². The minimum atomic E-state index is -0.492. The molecule has 6 nitrogen and oxygen atoms in total.